The summed E-state index contributed by atoms with van der Waals surface area (Å²) < 4.78 is 0. The second-order valence-electron chi connectivity index (χ2n) is 3.97. The minimum absolute atomic E-state index is 0.217. The molecule has 0 bridgehead atoms. The van der Waals surface area contributed by atoms with Gasteiger partial charge in [-0.25, -0.2) is 4.98 Å². The number of aryl methyl sites for hydroxylation is 1. The molecule has 1 aromatic carbocycles. The molecule has 0 spiro atoms. The van der Waals surface area contributed by atoms with Gasteiger partial charge in [-0.05, 0) is 19.1 Å². The van der Waals surface area contributed by atoms with Crippen LogP contribution in [0, 0.1) is 6.92 Å². The summed E-state index contributed by atoms with van der Waals surface area (Å²) in [6.45, 7) is 3.26. The predicted octanol–water partition coefficient (Wildman–Crippen LogP) is 2.66. The van der Waals surface area contributed by atoms with E-state index in [1.807, 2.05) is 12.3 Å². The Morgan fingerprint density at radius 2 is 1.95 bits per heavy atom. The molecular formula is C13H13N3O2S. The highest BCUT2D eigenvalue weighted by Crippen LogP contribution is 2.19. The maximum atomic E-state index is 12.1. The molecule has 6 heteroatoms. The van der Waals surface area contributed by atoms with Gasteiger partial charge in [0.05, 0.1) is 16.9 Å². The van der Waals surface area contributed by atoms with Crippen molar-refractivity contribution < 1.29 is 9.59 Å². The van der Waals surface area contributed by atoms with Crippen molar-refractivity contribution in [1.82, 2.24) is 4.98 Å². The van der Waals surface area contributed by atoms with E-state index in [4.69, 9.17) is 0 Å². The zero-order valence-corrected chi connectivity index (χ0v) is 11.4. The van der Waals surface area contributed by atoms with Crippen molar-refractivity contribution in [3.63, 3.8) is 0 Å². The summed E-state index contributed by atoms with van der Waals surface area (Å²) in [7, 11) is 0. The van der Waals surface area contributed by atoms with Crippen molar-refractivity contribution >= 4 is 34.0 Å². The van der Waals surface area contributed by atoms with Gasteiger partial charge >= 0.3 is 0 Å². The number of nitrogens with zero attached hydrogens (tertiary/aromatic N) is 1. The molecule has 0 aliphatic heterocycles. The van der Waals surface area contributed by atoms with Crippen LogP contribution in [0.4, 0.5) is 10.8 Å². The molecule has 2 aromatic rings. The predicted molar refractivity (Wildman–Crippen MR) is 75.5 cm³/mol. The van der Waals surface area contributed by atoms with Crippen molar-refractivity contribution in [2.75, 3.05) is 10.6 Å². The molecule has 19 heavy (non-hydrogen) atoms. The lowest BCUT2D eigenvalue weighted by Gasteiger charge is -2.08. The number of anilines is 2. The lowest BCUT2D eigenvalue weighted by atomic mass is 10.1. The van der Waals surface area contributed by atoms with Crippen molar-refractivity contribution in [1.29, 1.82) is 0 Å². The van der Waals surface area contributed by atoms with Crippen LogP contribution < -0.4 is 10.6 Å². The number of hydrogen-bond acceptors (Lipinski definition) is 4. The summed E-state index contributed by atoms with van der Waals surface area (Å²) in [5, 5.41) is 7.74. The number of thiazole rings is 1. The quantitative estimate of drug-likeness (QED) is 0.904. The zero-order valence-electron chi connectivity index (χ0n) is 10.6. The first kappa shape index (κ1) is 13.2. The highest BCUT2D eigenvalue weighted by Gasteiger charge is 2.13. The molecule has 2 N–H and O–H groups in total. The van der Waals surface area contributed by atoms with Crippen LogP contribution in [0.2, 0.25) is 0 Å². The summed E-state index contributed by atoms with van der Waals surface area (Å²) in [5.41, 5.74) is 1.75. The van der Waals surface area contributed by atoms with E-state index in [0.717, 1.165) is 5.69 Å². The Kier molecular flexibility index (Phi) is 3.91. The Morgan fingerprint density at radius 3 is 2.58 bits per heavy atom. The van der Waals surface area contributed by atoms with E-state index in [-0.39, 0.29) is 11.8 Å². The summed E-state index contributed by atoms with van der Waals surface area (Å²) in [4.78, 5) is 27.4. The second-order valence-corrected chi connectivity index (χ2v) is 4.83. The molecule has 0 saturated carbocycles. The lowest BCUT2D eigenvalue weighted by molar-refractivity contribution is -0.114. The Hall–Kier alpha value is -2.21. The summed E-state index contributed by atoms with van der Waals surface area (Å²) in [5.74, 6) is -0.510. The van der Waals surface area contributed by atoms with Gasteiger partial charge in [0.25, 0.3) is 5.91 Å². The molecule has 0 saturated heterocycles. The molecule has 1 heterocycles. The SMILES string of the molecule is CC(=O)Nc1ccccc1C(=O)Nc1nc(C)cs1. The maximum absolute atomic E-state index is 12.1. The molecule has 0 aliphatic carbocycles. The third kappa shape index (κ3) is 3.38. The highest BCUT2D eigenvalue weighted by molar-refractivity contribution is 7.13. The number of rotatable bonds is 3. The molecule has 5 nitrogen and oxygen atoms in total. The van der Waals surface area contributed by atoms with E-state index in [1.54, 1.807) is 24.3 Å². The molecule has 0 radical (unpaired) electrons. The molecule has 2 rings (SSSR count). The van der Waals surface area contributed by atoms with Gasteiger partial charge < -0.3 is 5.32 Å². The fourth-order valence-electron chi connectivity index (χ4n) is 1.56. The van der Waals surface area contributed by atoms with Crippen LogP contribution in [-0.2, 0) is 4.79 Å². The first-order chi connectivity index (χ1) is 9.06. The van der Waals surface area contributed by atoms with Crippen LogP contribution in [0.15, 0.2) is 29.6 Å². The summed E-state index contributed by atoms with van der Waals surface area (Å²) in [6, 6.07) is 6.84. The first-order valence-corrected chi connectivity index (χ1v) is 6.54. The average Bonchev–Trinajstić information content (AvgIpc) is 2.74. The minimum atomic E-state index is -0.293. The van der Waals surface area contributed by atoms with Crippen LogP contribution in [0.1, 0.15) is 23.0 Å². The van der Waals surface area contributed by atoms with E-state index in [1.165, 1.54) is 18.3 Å². The standard InChI is InChI=1S/C13H13N3O2S/c1-8-7-19-13(14-8)16-12(18)10-5-3-4-6-11(10)15-9(2)17/h3-7H,1-2H3,(H,15,17)(H,14,16,18). The Morgan fingerprint density at radius 1 is 1.21 bits per heavy atom. The van der Waals surface area contributed by atoms with E-state index in [0.29, 0.717) is 16.4 Å². The van der Waals surface area contributed by atoms with Gasteiger partial charge in [-0.2, -0.15) is 0 Å². The molecule has 2 amide bonds. The van der Waals surface area contributed by atoms with Gasteiger partial charge in [0.1, 0.15) is 0 Å². The van der Waals surface area contributed by atoms with Crippen molar-refractivity contribution in [2.24, 2.45) is 0 Å². The Bertz CT molecular complexity index is 622. The number of amides is 2. The summed E-state index contributed by atoms with van der Waals surface area (Å²) in [6.07, 6.45) is 0. The lowest BCUT2D eigenvalue weighted by Crippen LogP contribution is -2.16. The fourth-order valence-corrected chi connectivity index (χ4v) is 2.24. The van der Waals surface area contributed by atoms with Crippen LogP contribution >= 0.6 is 11.3 Å². The molecule has 0 fully saturated rings. The van der Waals surface area contributed by atoms with Gasteiger partial charge in [0, 0.05) is 12.3 Å². The van der Waals surface area contributed by atoms with Crippen molar-refractivity contribution in [3.05, 3.63) is 40.9 Å². The van der Waals surface area contributed by atoms with E-state index >= 15 is 0 Å². The molecule has 0 unspecified atom stereocenters. The maximum Gasteiger partial charge on any atom is 0.259 e. The topological polar surface area (TPSA) is 71.1 Å². The van der Waals surface area contributed by atoms with E-state index in [9.17, 15) is 9.59 Å². The highest BCUT2D eigenvalue weighted by atomic mass is 32.1. The van der Waals surface area contributed by atoms with E-state index in [2.05, 4.69) is 15.6 Å². The number of para-hydroxylation sites is 1. The molecule has 1 aromatic heterocycles. The largest absolute Gasteiger partial charge is 0.326 e. The number of aromatic nitrogens is 1. The van der Waals surface area contributed by atoms with Crippen LogP contribution in [0.5, 0.6) is 0 Å². The third-order valence-corrected chi connectivity index (χ3v) is 3.20. The minimum Gasteiger partial charge on any atom is -0.326 e. The van der Waals surface area contributed by atoms with Gasteiger partial charge in [-0.15, -0.1) is 11.3 Å². The second kappa shape index (κ2) is 5.62. The number of nitrogens with one attached hydrogen (secondary N) is 2. The molecule has 98 valence electrons. The average molecular weight is 275 g/mol. The number of carbonyl (C=O) groups is 2. The van der Waals surface area contributed by atoms with Crippen molar-refractivity contribution in [2.45, 2.75) is 13.8 Å². The fraction of sp³-hybridized carbons (Fsp3) is 0.154. The molecular weight excluding hydrogens is 262 g/mol. The Balaban J connectivity index is 2.21. The van der Waals surface area contributed by atoms with E-state index < -0.39 is 0 Å². The third-order valence-electron chi connectivity index (χ3n) is 2.32. The van der Waals surface area contributed by atoms with Gasteiger partial charge in [0.15, 0.2) is 5.13 Å². The first-order valence-electron chi connectivity index (χ1n) is 5.66. The van der Waals surface area contributed by atoms with Gasteiger partial charge in [0.2, 0.25) is 5.91 Å². The Labute approximate surface area is 114 Å². The number of hydrogen-bond donors (Lipinski definition) is 2. The molecule has 0 atom stereocenters. The van der Waals surface area contributed by atoms with Crippen LogP contribution in [0.25, 0.3) is 0 Å². The number of benzene rings is 1. The normalized spacial score (nSPS) is 10.0. The molecule has 0 aliphatic rings. The van der Waals surface area contributed by atoms with Crippen molar-refractivity contribution in [3.8, 4) is 0 Å². The smallest absolute Gasteiger partial charge is 0.259 e. The monoisotopic (exact) mass is 275 g/mol. The number of carbonyl (C=O) groups excluding carboxylic acids is 2. The van der Waals surface area contributed by atoms with Crippen LogP contribution in [-0.4, -0.2) is 16.8 Å². The van der Waals surface area contributed by atoms with Gasteiger partial charge in [-0.1, -0.05) is 12.1 Å². The summed E-state index contributed by atoms with van der Waals surface area (Å²) >= 11 is 1.36. The zero-order chi connectivity index (χ0) is 13.8. The van der Waals surface area contributed by atoms with Crippen LogP contribution in [0.3, 0.4) is 0 Å². The van der Waals surface area contributed by atoms with Gasteiger partial charge in [-0.3, -0.25) is 14.9 Å².